The Kier molecular flexibility index (Phi) is 11.7. The van der Waals surface area contributed by atoms with Crippen molar-refractivity contribution >= 4 is 5.91 Å². The lowest BCUT2D eigenvalue weighted by molar-refractivity contribution is -0.122. The summed E-state index contributed by atoms with van der Waals surface area (Å²) in [4.78, 5) is 16.1. The maximum Gasteiger partial charge on any atom is 0.234 e. The molecular weight excluding hydrogens is 252 g/mol. The van der Waals surface area contributed by atoms with Crippen LogP contribution < -0.4 is 10.6 Å². The van der Waals surface area contributed by atoms with Gasteiger partial charge in [0.15, 0.2) is 0 Å². The molecule has 0 saturated carbocycles. The van der Waals surface area contributed by atoms with E-state index in [1.165, 1.54) is 6.42 Å². The van der Waals surface area contributed by atoms with Gasteiger partial charge in [-0.25, -0.2) is 0 Å². The molecular formula is C15H34N4O. The van der Waals surface area contributed by atoms with Gasteiger partial charge in [0.1, 0.15) is 0 Å². The topological polar surface area (TPSA) is 47.6 Å². The maximum absolute atomic E-state index is 11.7. The van der Waals surface area contributed by atoms with Crippen molar-refractivity contribution in [2.45, 2.75) is 39.2 Å². The molecule has 2 N–H and O–H groups in total. The van der Waals surface area contributed by atoms with Crippen LogP contribution in [0.4, 0.5) is 0 Å². The van der Waals surface area contributed by atoms with Crippen LogP contribution in [0, 0.1) is 0 Å². The lowest BCUT2D eigenvalue weighted by Gasteiger charge is -2.20. The van der Waals surface area contributed by atoms with Gasteiger partial charge < -0.3 is 15.5 Å². The van der Waals surface area contributed by atoms with E-state index in [0.717, 1.165) is 39.0 Å². The fourth-order valence-electron chi connectivity index (χ4n) is 1.84. The highest BCUT2D eigenvalue weighted by Crippen LogP contribution is 1.94. The van der Waals surface area contributed by atoms with E-state index in [9.17, 15) is 4.79 Å². The number of nitrogens with one attached hydrogen (secondary N) is 2. The number of likely N-dealkylation sites (N-methyl/N-ethyl adjacent to an activating group) is 1. The predicted molar refractivity (Wildman–Crippen MR) is 86.1 cm³/mol. The molecule has 20 heavy (non-hydrogen) atoms. The van der Waals surface area contributed by atoms with Crippen LogP contribution in [0.25, 0.3) is 0 Å². The highest BCUT2D eigenvalue weighted by atomic mass is 16.2. The fourth-order valence-corrected chi connectivity index (χ4v) is 1.84. The Morgan fingerprint density at radius 2 is 1.70 bits per heavy atom. The number of unbranched alkanes of at least 4 members (excludes halogenated alkanes) is 1. The molecule has 0 saturated heterocycles. The second-order valence-corrected chi connectivity index (χ2v) is 5.83. The van der Waals surface area contributed by atoms with Crippen LogP contribution in [-0.2, 0) is 4.79 Å². The lowest BCUT2D eigenvalue weighted by Crippen LogP contribution is -2.38. The zero-order valence-electron chi connectivity index (χ0n) is 14.0. The van der Waals surface area contributed by atoms with Crippen molar-refractivity contribution in [1.82, 2.24) is 20.4 Å². The standard InChI is InChI=1S/C15H34N4O/c1-14(2)19(5)13-15(20)17-10-6-7-11-18(4)12-8-9-16-3/h14,16H,6-13H2,1-5H3,(H,17,20). The number of carbonyl (C=O) groups is 1. The average Bonchev–Trinajstić information content (AvgIpc) is 2.38. The Morgan fingerprint density at radius 1 is 1.05 bits per heavy atom. The lowest BCUT2D eigenvalue weighted by atomic mass is 10.2. The van der Waals surface area contributed by atoms with Crippen molar-refractivity contribution in [2.75, 3.05) is 53.9 Å². The average molecular weight is 286 g/mol. The first-order valence-corrected chi connectivity index (χ1v) is 7.77. The van der Waals surface area contributed by atoms with Gasteiger partial charge in [0.05, 0.1) is 6.54 Å². The Balaban J connectivity index is 3.45. The monoisotopic (exact) mass is 286 g/mol. The highest BCUT2D eigenvalue weighted by molar-refractivity contribution is 5.77. The van der Waals surface area contributed by atoms with Gasteiger partial charge in [-0.15, -0.1) is 0 Å². The third-order valence-corrected chi connectivity index (χ3v) is 3.53. The van der Waals surface area contributed by atoms with Gasteiger partial charge in [-0.3, -0.25) is 9.69 Å². The van der Waals surface area contributed by atoms with Gasteiger partial charge in [-0.2, -0.15) is 0 Å². The highest BCUT2D eigenvalue weighted by Gasteiger charge is 2.08. The molecule has 0 aromatic rings. The fraction of sp³-hybridized carbons (Fsp3) is 0.933. The molecule has 1 amide bonds. The molecule has 0 aliphatic heterocycles. The molecule has 0 bridgehead atoms. The van der Waals surface area contributed by atoms with E-state index in [-0.39, 0.29) is 5.91 Å². The van der Waals surface area contributed by atoms with E-state index in [4.69, 9.17) is 0 Å². The molecule has 0 unspecified atom stereocenters. The third-order valence-electron chi connectivity index (χ3n) is 3.53. The van der Waals surface area contributed by atoms with Gasteiger partial charge >= 0.3 is 0 Å². The van der Waals surface area contributed by atoms with Crippen molar-refractivity contribution in [1.29, 1.82) is 0 Å². The Morgan fingerprint density at radius 3 is 2.30 bits per heavy atom. The molecule has 0 atom stereocenters. The van der Waals surface area contributed by atoms with Gasteiger partial charge in [0, 0.05) is 12.6 Å². The summed E-state index contributed by atoms with van der Waals surface area (Å²) in [5.41, 5.74) is 0. The molecule has 0 aliphatic rings. The molecule has 120 valence electrons. The molecule has 5 heteroatoms. The SMILES string of the molecule is CNCCCN(C)CCCCNC(=O)CN(C)C(C)C. The van der Waals surface area contributed by atoms with Crippen molar-refractivity contribution < 1.29 is 4.79 Å². The smallest absolute Gasteiger partial charge is 0.234 e. The minimum absolute atomic E-state index is 0.128. The normalized spacial score (nSPS) is 11.6. The molecule has 0 radical (unpaired) electrons. The van der Waals surface area contributed by atoms with E-state index in [2.05, 4.69) is 36.4 Å². The Bertz CT molecular complexity index is 246. The van der Waals surface area contributed by atoms with Crippen molar-refractivity contribution in [3.8, 4) is 0 Å². The summed E-state index contributed by atoms with van der Waals surface area (Å²) in [6, 6.07) is 0.409. The number of hydrogen-bond acceptors (Lipinski definition) is 4. The van der Waals surface area contributed by atoms with Crippen LogP contribution in [0.1, 0.15) is 33.1 Å². The van der Waals surface area contributed by atoms with Gasteiger partial charge in [0.2, 0.25) is 5.91 Å². The summed E-state index contributed by atoms with van der Waals surface area (Å²) in [5, 5.41) is 6.14. The van der Waals surface area contributed by atoms with Crippen molar-refractivity contribution in [2.24, 2.45) is 0 Å². The van der Waals surface area contributed by atoms with Gasteiger partial charge in [0.25, 0.3) is 0 Å². The number of amides is 1. The van der Waals surface area contributed by atoms with E-state index >= 15 is 0 Å². The second kappa shape index (κ2) is 12.1. The quantitative estimate of drug-likeness (QED) is 0.520. The van der Waals surface area contributed by atoms with E-state index in [1.54, 1.807) is 0 Å². The van der Waals surface area contributed by atoms with Crippen LogP contribution >= 0.6 is 0 Å². The molecule has 0 spiro atoms. The van der Waals surface area contributed by atoms with E-state index in [1.807, 2.05) is 19.0 Å². The minimum Gasteiger partial charge on any atom is -0.355 e. The van der Waals surface area contributed by atoms with Crippen LogP contribution in [0.2, 0.25) is 0 Å². The largest absolute Gasteiger partial charge is 0.355 e. The van der Waals surface area contributed by atoms with E-state index < -0.39 is 0 Å². The molecule has 0 aliphatic carbocycles. The summed E-state index contributed by atoms with van der Waals surface area (Å²) in [6.07, 6.45) is 3.37. The minimum atomic E-state index is 0.128. The Labute approximate surface area is 125 Å². The number of rotatable bonds is 12. The summed E-state index contributed by atoms with van der Waals surface area (Å²) >= 11 is 0. The zero-order valence-corrected chi connectivity index (χ0v) is 14.0. The van der Waals surface area contributed by atoms with Crippen molar-refractivity contribution in [3.05, 3.63) is 0 Å². The van der Waals surface area contributed by atoms with Crippen molar-refractivity contribution in [3.63, 3.8) is 0 Å². The summed E-state index contributed by atoms with van der Waals surface area (Å²) < 4.78 is 0. The number of nitrogens with zero attached hydrogens (tertiary/aromatic N) is 2. The zero-order chi connectivity index (χ0) is 15.4. The molecule has 0 fully saturated rings. The van der Waals surface area contributed by atoms with E-state index in [0.29, 0.717) is 12.6 Å². The summed E-state index contributed by atoms with van der Waals surface area (Å²) in [6.45, 7) is 8.77. The Hall–Kier alpha value is -0.650. The van der Waals surface area contributed by atoms with Crippen LogP contribution in [0.5, 0.6) is 0 Å². The molecule has 0 rings (SSSR count). The number of carbonyl (C=O) groups excluding carboxylic acids is 1. The molecule has 5 nitrogen and oxygen atoms in total. The third kappa shape index (κ3) is 11.2. The van der Waals surface area contributed by atoms with Crippen LogP contribution in [-0.4, -0.2) is 75.6 Å². The summed E-state index contributed by atoms with van der Waals surface area (Å²) in [5.74, 6) is 0.128. The first-order chi connectivity index (χ1) is 9.47. The molecule has 0 heterocycles. The second-order valence-electron chi connectivity index (χ2n) is 5.83. The van der Waals surface area contributed by atoms with Gasteiger partial charge in [-0.05, 0) is 73.9 Å². The first kappa shape index (κ1) is 19.4. The maximum atomic E-state index is 11.7. The van der Waals surface area contributed by atoms with Gasteiger partial charge in [-0.1, -0.05) is 0 Å². The van der Waals surface area contributed by atoms with Crippen LogP contribution in [0.15, 0.2) is 0 Å². The van der Waals surface area contributed by atoms with Crippen LogP contribution in [0.3, 0.4) is 0 Å². The number of hydrogen-bond donors (Lipinski definition) is 2. The molecule has 0 aromatic heterocycles. The predicted octanol–water partition coefficient (Wildman–Crippen LogP) is 0.764. The molecule has 0 aromatic carbocycles. The summed E-state index contributed by atoms with van der Waals surface area (Å²) in [7, 11) is 6.12. The first-order valence-electron chi connectivity index (χ1n) is 7.77.